The molecule has 3 rings (SSSR count). The first-order chi connectivity index (χ1) is 12.1. The Bertz CT molecular complexity index is 774. The van der Waals surface area contributed by atoms with Crippen LogP contribution in [0.5, 0.6) is 0 Å². The maximum Gasteiger partial charge on any atom is 0.253 e. The Labute approximate surface area is 152 Å². The van der Waals surface area contributed by atoms with Gasteiger partial charge in [-0.25, -0.2) is 9.97 Å². The molecule has 6 nitrogen and oxygen atoms in total. The van der Waals surface area contributed by atoms with E-state index in [0.29, 0.717) is 34.3 Å². The summed E-state index contributed by atoms with van der Waals surface area (Å²) in [7, 11) is 1.63. The Morgan fingerprint density at radius 1 is 1.32 bits per heavy atom. The van der Waals surface area contributed by atoms with Gasteiger partial charge in [-0.05, 0) is 31.0 Å². The van der Waals surface area contributed by atoms with Crippen molar-refractivity contribution in [3.63, 3.8) is 0 Å². The van der Waals surface area contributed by atoms with Crippen LogP contribution in [0, 0.1) is 0 Å². The first kappa shape index (κ1) is 17.5. The van der Waals surface area contributed by atoms with Gasteiger partial charge in [0, 0.05) is 32.2 Å². The summed E-state index contributed by atoms with van der Waals surface area (Å²) in [4.78, 5) is 23.2. The number of aryl methyl sites for hydroxylation is 1. The molecule has 2 heterocycles. The van der Waals surface area contributed by atoms with E-state index in [1.807, 2.05) is 25.1 Å². The standard InChI is InChI=1S/C18H22ClN5O/c1-3-16-21-11-14(19)17(23-16)22-15-7-6-12(24-8-4-5-9-24)10-13(15)18(25)20-2/h6-7,10-11H,3-5,8-9H2,1-2H3,(H,20,25)(H,21,22,23). The van der Waals surface area contributed by atoms with Crippen LogP contribution in [-0.4, -0.2) is 36.0 Å². The number of hydrogen-bond acceptors (Lipinski definition) is 5. The van der Waals surface area contributed by atoms with Gasteiger partial charge in [0.1, 0.15) is 10.8 Å². The van der Waals surface area contributed by atoms with E-state index >= 15 is 0 Å². The molecule has 1 aromatic carbocycles. The minimum atomic E-state index is -0.149. The molecule has 1 amide bonds. The number of aromatic nitrogens is 2. The highest BCUT2D eigenvalue weighted by atomic mass is 35.5. The molecule has 0 saturated carbocycles. The molecule has 0 aliphatic carbocycles. The summed E-state index contributed by atoms with van der Waals surface area (Å²) in [6, 6.07) is 5.85. The molecular weight excluding hydrogens is 338 g/mol. The van der Waals surface area contributed by atoms with Gasteiger partial charge in [0.2, 0.25) is 0 Å². The fourth-order valence-corrected chi connectivity index (χ4v) is 3.06. The lowest BCUT2D eigenvalue weighted by molar-refractivity contribution is 0.0964. The zero-order chi connectivity index (χ0) is 17.8. The first-order valence-electron chi connectivity index (χ1n) is 8.52. The monoisotopic (exact) mass is 359 g/mol. The van der Waals surface area contributed by atoms with Crippen LogP contribution in [0.15, 0.2) is 24.4 Å². The summed E-state index contributed by atoms with van der Waals surface area (Å²) in [5.41, 5.74) is 2.30. The van der Waals surface area contributed by atoms with Crippen LogP contribution in [0.25, 0.3) is 0 Å². The van der Waals surface area contributed by atoms with Crippen LogP contribution in [0.1, 0.15) is 35.9 Å². The van der Waals surface area contributed by atoms with E-state index in [1.165, 1.54) is 12.8 Å². The molecular formula is C18H22ClN5O. The topological polar surface area (TPSA) is 70.2 Å². The van der Waals surface area contributed by atoms with Crippen molar-refractivity contribution >= 4 is 34.7 Å². The Balaban J connectivity index is 1.96. The quantitative estimate of drug-likeness (QED) is 0.856. The molecule has 2 N–H and O–H groups in total. The van der Waals surface area contributed by atoms with Crippen molar-refractivity contribution in [1.29, 1.82) is 0 Å². The van der Waals surface area contributed by atoms with Crippen LogP contribution in [-0.2, 0) is 6.42 Å². The molecule has 0 radical (unpaired) electrons. The number of carbonyl (C=O) groups is 1. The first-order valence-corrected chi connectivity index (χ1v) is 8.89. The van der Waals surface area contributed by atoms with E-state index in [-0.39, 0.29) is 5.91 Å². The number of anilines is 3. The molecule has 25 heavy (non-hydrogen) atoms. The predicted molar refractivity (Wildman–Crippen MR) is 101 cm³/mol. The smallest absolute Gasteiger partial charge is 0.253 e. The van der Waals surface area contributed by atoms with Gasteiger partial charge in [-0.1, -0.05) is 18.5 Å². The molecule has 1 aromatic heterocycles. The predicted octanol–water partition coefficient (Wildman–Crippen LogP) is 3.40. The van der Waals surface area contributed by atoms with Crippen molar-refractivity contribution in [1.82, 2.24) is 15.3 Å². The highest BCUT2D eigenvalue weighted by molar-refractivity contribution is 6.32. The van der Waals surface area contributed by atoms with E-state index in [9.17, 15) is 4.79 Å². The van der Waals surface area contributed by atoms with Crippen LogP contribution in [0.4, 0.5) is 17.2 Å². The molecule has 2 aromatic rings. The minimum Gasteiger partial charge on any atom is -0.372 e. The van der Waals surface area contributed by atoms with E-state index in [1.54, 1.807) is 13.2 Å². The summed E-state index contributed by atoms with van der Waals surface area (Å²) in [6.07, 6.45) is 4.66. The zero-order valence-corrected chi connectivity index (χ0v) is 15.2. The van der Waals surface area contributed by atoms with Gasteiger partial charge in [-0.3, -0.25) is 4.79 Å². The summed E-state index contributed by atoms with van der Waals surface area (Å²) >= 11 is 6.21. The average molecular weight is 360 g/mol. The lowest BCUT2D eigenvalue weighted by atomic mass is 10.1. The SMILES string of the molecule is CCc1ncc(Cl)c(Nc2ccc(N3CCCC3)cc2C(=O)NC)n1. The second kappa shape index (κ2) is 7.70. The normalized spacial score (nSPS) is 13.8. The van der Waals surface area contributed by atoms with Gasteiger partial charge in [0.25, 0.3) is 5.91 Å². The van der Waals surface area contributed by atoms with Gasteiger partial charge in [-0.2, -0.15) is 0 Å². The third kappa shape index (κ3) is 3.85. The van der Waals surface area contributed by atoms with Crippen molar-refractivity contribution < 1.29 is 4.79 Å². The second-order valence-corrected chi connectivity index (χ2v) is 6.37. The molecule has 0 spiro atoms. The number of hydrogen-bond donors (Lipinski definition) is 2. The van der Waals surface area contributed by atoms with Gasteiger partial charge in [0.15, 0.2) is 5.82 Å². The number of benzene rings is 1. The van der Waals surface area contributed by atoms with Gasteiger partial charge in [-0.15, -0.1) is 0 Å². The summed E-state index contributed by atoms with van der Waals surface area (Å²) < 4.78 is 0. The second-order valence-electron chi connectivity index (χ2n) is 5.96. The maximum atomic E-state index is 12.4. The lowest BCUT2D eigenvalue weighted by Gasteiger charge is -2.20. The molecule has 7 heteroatoms. The fraction of sp³-hybridized carbons (Fsp3) is 0.389. The van der Waals surface area contributed by atoms with Crippen molar-refractivity contribution in [2.75, 3.05) is 30.4 Å². The zero-order valence-electron chi connectivity index (χ0n) is 14.5. The molecule has 0 unspecified atom stereocenters. The Kier molecular flexibility index (Phi) is 5.38. The third-order valence-corrected chi connectivity index (χ3v) is 4.59. The number of carbonyl (C=O) groups excluding carboxylic acids is 1. The summed E-state index contributed by atoms with van der Waals surface area (Å²) in [5, 5.41) is 6.31. The highest BCUT2D eigenvalue weighted by Crippen LogP contribution is 2.29. The van der Waals surface area contributed by atoms with Gasteiger partial charge < -0.3 is 15.5 Å². The van der Waals surface area contributed by atoms with E-state index in [4.69, 9.17) is 11.6 Å². The summed E-state index contributed by atoms with van der Waals surface area (Å²) in [5.74, 6) is 1.05. The van der Waals surface area contributed by atoms with E-state index in [2.05, 4.69) is 25.5 Å². The van der Waals surface area contributed by atoms with Crippen molar-refractivity contribution in [2.24, 2.45) is 0 Å². The van der Waals surface area contributed by atoms with E-state index in [0.717, 1.165) is 18.8 Å². The largest absolute Gasteiger partial charge is 0.372 e. The molecule has 1 saturated heterocycles. The lowest BCUT2D eigenvalue weighted by Crippen LogP contribution is -2.22. The highest BCUT2D eigenvalue weighted by Gasteiger charge is 2.18. The molecule has 1 aliphatic heterocycles. The van der Waals surface area contributed by atoms with E-state index < -0.39 is 0 Å². The third-order valence-electron chi connectivity index (χ3n) is 4.31. The van der Waals surface area contributed by atoms with Gasteiger partial charge >= 0.3 is 0 Å². The Morgan fingerprint density at radius 3 is 2.76 bits per heavy atom. The fourth-order valence-electron chi connectivity index (χ4n) is 2.93. The van der Waals surface area contributed by atoms with Crippen molar-refractivity contribution in [2.45, 2.75) is 26.2 Å². The van der Waals surface area contributed by atoms with Crippen LogP contribution >= 0.6 is 11.6 Å². The van der Waals surface area contributed by atoms with Crippen molar-refractivity contribution in [3.05, 3.63) is 40.8 Å². The minimum absolute atomic E-state index is 0.149. The molecule has 1 fully saturated rings. The number of rotatable bonds is 5. The molecule has 0 atom stereocenters. The number of halogens is 1. The molecule has 1 aliphatic rings. The number of nitrogens with one attached hydrogen (secondary N) is 2. The van der Waals surface area contributed by atoms with Crippen LogP contribution in [0.2, 0.25) is 5.02 Å². The van der Waals surface area contributed by atoms with Gasteiger partial charge in [0.05, 0.1) is 17.4 Å². The molecule has 132 valence electrons. The maximum absolute atomic E-state index is 12.4. The average Bonchev–Trinajstić information content (AvgIpc) is 3.18. The number of amides is 1. The Morgan fingerprint density at radius 2 is 2.08 bits per heavy atom. The van der Waals surface area contributed by atoms with Crippen LogP contribution < -0.4 is 15.5 Å². The Hall–Kier alpha value is -2.34. The summed E-state index contributed by atoms with van der Waals surface area (Å²) in [6.45, 7) is 4.03. The molecule has 0 bridgehead atoms. The van der Waals surface area contributed by atoms with Crippen molar-refractivity contribution in [3.8, 4) is 0 Å². The number of nitrogens with zero attached hydrogens (tertiary/aromatic N) is 3. The van der Waals surface area contributed by atoms with Crippen LogP contribution in [0.3, 0.4) is 0 Å².